The summed E-state index contributed by atoms with van der Waals surface area (Å²) >= 11 is 1.22. The van der Waals surface area contributed by atoms with Gasteiger partial charge in [0.1, 0.15) is 5.69 Å². The Morgan fingerprint density at radius 2 is 1.84 bits per heavy atom. The molecular weight excluding hydrogens is 334 g/mol. The Balaban J connectivity index is 1.52. The summed E-state index contributed by atoms with van der Waals surface area (Å²) in [7, 11) is 0. The van der Waals surface area contributed by atoms with Crippen LogP contribution < -0.4 is 10.6 Å². The van der Waals surface area contributed by atoms with E-state index in [9.17, 15) is 9.59 Å². The van der Waals surface area contributed by atoms with Crippen LogP contribution in [0.3, 0.4) is 0 Å². The van der Waals surface area contributed by atoms with Crippen LogP contribution in [-0.2, 0) is 11.2 Å². The molecule has 5 nitrogen and oxygen atoms in total. The quantitative estimate of drug-likeness (QED) is 0.589. The first-order valence-corrected chi connectivity index (χ1v) is 8.74. The van der Waals surface area contributed by atoms with E-state index in [-0.39, 0.29) is 17.5 Å². The number of hydrogen-bond donors (Lipinski definition) is 2. The van der Waals surface area contributed by atoms with Crippen LogP contribution in [0.2, 0.25) is 0 Å². The summed E-state index contributed by atoms with van der Waals surface area (Å²) in [5, 5.41) is 7.50. The molecule has 2 N–H and O–H groups in total. The van der Waals surface area contributed by atoms with E-state index in [1.165, 1.54) is 40.5 Å². The van der Waals surface area contributed by atoms with E-state index >= 15 is 0 Å². The van der Waals surface area contributed by atoms with Gasteiger partial charge in [0.2, 0.25) is 5.91 Å². The molecule has 0 bridgehead atoms. The number of benzene rings is 2. The van der Waals surface area contributed by atoms with Gasteiger partial charge in [-0.3, -0.25) is 9.59 Å². The fraction of sp³-hybridized carbons (Fsp3) is 0.105. The second-order valence-electron chi connectivity index (χ2n) is 5.88. The maximum Gasteiger partial charge on any atom is 0.275 e. The predicted molar refractivity (Wildman–Crippen MR) is 99.1 cm³/mol. The second kappa shape index (κ2) is 6.14. The highest BCUT2D eigenvalue weighted by Gasteiger charge is 2.19. The van der Waals surface area contributed by atoms with Gasteiger partial charge >= 0.3 is 0 Å². The number of rotatable bonds is 3. The standard InChI is InChI=1S/C19H15N3O2S/c1-11(23)20-19-22-17(10-25-19)18(24)21-14-6-7-16-13(9-14)8-12-4-2-3-5-15(12)16/h2-7,9-10H,8H2,1H3,(H,21,24)(H,20,22,23). The van der Waals surface area contributed by atoms with Crippen molar-refractivity contribution in [3.05, 3.63) is 64.7 Å². The Bertz CT molecular complexity index is 994. The molecule has 1 heterocycles. The van der Waals surface area contributed by atoms with Gasteiger partial charge in [0.25, 0.3) is 5.91 Å². The van der Waals surface area contributed by atoms with Crippen LogP contribution in [0, 0.1) is 0 Å². The fourth-order valence-corrected chi connectivity index (χ4v) is 3.74. The van der Waals surface area contributed by atoms with Crippen LogP contribution in [0.25, 0.3) is 11.1 Å². The smallest absolute Gasteiger partial charge is 0.275 e. The van der Waals surface area contributed by atoms with Crippen molar-refractivity contribution in [2.24, 2.45) is 0 Å². The lowest BCUT2D eigenvalue weighted by molar-refractivity contribution is -0.114. The maximum absolute atomic E-state index is 12.4. The lowest BCUT2D eigenvalue weighted by Gasteiger charge is -2.06. The van der Waals surface area contributed by atoms with Gasteiger partial charge < -0.3 is 10.6 Å². The van der Waals surface area contributed by atoms with Gasteiger partial charge in [-0.1, -0.05) is 30.3 Å². The normalized spacial score (nSPS) is 11.6. The third-order valence-electron chi connectivity index (χ3n) is 4.07. The molecule has 0 aliphatic heterocycles. The fourth-order valence-electron chi connectivity index (χ4n) is 3.00. The van der Waals surface area contributed by atoms with Gasteiger partial charge in [0.15, 0.2) is 5.13 Å². The summed E-state index contributed by atoms with van der Waals surface area (Å²) in [5.74, 6) is -0.497. The maximum atomic E-state index is 12.4. The number of amides is 2. The van der Waals surface area contributed by atoms with Crippen LogP contribution in [0.15, 0.2) is 47.8 Å². The van der Waals surface area contributed by atoms with E-state index in [0.717, 1.165) is 12.1 Å². The van der Waals surface area contributed by atoms with E-state index in [1.807, 2.05) is 30.3 Å². The summed E-state index contributed by atoms with van der Waals surface area (Å²) < 4.78 is 0. The topological polar surface area (TPSA) is 71.1 Å². The van der Waals surface area contributed by atoms with Gasteiger partial charge in [-0.2, -0.15) is 0 Å². The molecule has 6 heteroatoms. The number of carbonyl (C=O) groups is 2. The Labute approximate surface area is 148 Å². The molecule has 124 valence electrons. The number of nitrogens with zero attached hydrogens (tertiary/aromatic N) is 1. The molecule has 0 saturated carbocycles. The molecule has 0 saturated heterocycles. The van der Waals surface area contributed by atoms with Gasteiger partial charge in [-0.25, -0.2) is 4.98 Å². The van der Waals surface area contributed by atoms with Crippen molar-refractivity contribution < 1.29 is 9.59 Å². The third kappa shape index (κ3) is 3.04. The predicted octanol–water partition coefficient (Wildman–Crippen LogP) is 3.93. The zero-order chi connectivity index (χ0) is 17.4. The van der Waals surface area contributed by atoms with Crippen LogP contribution in [0.5, 0.6) is 0 Å². The molecule has 0 spiro atoms. The van der Waals surface area contributed by atoms with Crippen molar-refractivity contribution in [2.75, 3.05) is 10.6 Å². The first kappa shape index (κ1) is 15.5. The van der Waals surface area contributed by atoms with E-state index < -0.39 is 0 Å². The zero-order valence-electron chi connectivity index (χ0n) is 13.5. The monoisotopic (exact) mass is 349 g/mol. The second-order valence-corrected chi connectivity index (χ2v) is 6.74. The number of nitrogens with one attached hydrogen (secondary N) is 2. The number of hydrogen-bond acceptors (Lipinski definition) is 4. The lowest BCUT2D eigenvalue weighted by atomic mass is 10.1. The Morgan fingerprint density at radius 3 is 2.68 bits per heavy atom. The highest BCUT2D eigenvalue weighted by Crippen LogP contribution is 2.37. The molecule has 1 aliphatic rings. The molecule has 2 aromatic carbocycles. The van der Waals surface area contributed by atoms with Gasteiger partial charge in [0, 0.05) is 18.0 Å². The number of thiazole rings is 1. The summed E-state index contributed by atoms with van der Waals surface area (Å²) in [5.41, 5.74) is 6.02. The average Bonchev–Trinajstić information content (AvgIpc) is 3.18. The van der Waals surface area contributed by atoms with Crippen molar-refractivity contribution in [2.45, 2.75) is 13.3 Å². The SMILES string of the molecule is CC(=O)Nc1nc(C(=O)Nc2ccc3c(c2)Cc2ccccc2-3)cs1. The largest absolute Gasteiger partial charge is 0.321 e. The minimum absolute atomic E-state index is 0.209. The highest BCUT2D eigenvalue weighted by molar-refractivity contribution is 7.14. The average molecular weight is 349 g/mol. The van der Waals surface area contributed by atoms with Crippen molar-refractivity contribution >= 4 is 34.0 Å². The lowest BCUT2D eigenvalue weighted by Crippen LogP contribution is -2.13. The molecule has 4 rings (SSSR count). The first-order chi connectivity index (χ1) is 12.1. The van der Waals surface area contributed by atoms with Crippen molar-refractivity contribution in [3.63, 3.8) is 0 Å². The van der Waals surface area contributed by atoms with E-state index in [1.54, 1.807) is 5.38 Å². The summed E-state index contributed by atoms with van der Waals surface area (Å²) in [4.78, 5) is 27.5. The molecule has 2 amide bonds. The van der Waals surface area contributed by atoms with Gasteiger partial charge in [0.05, 0.1) is 0 Å². The van der Waals surface area contributed by atoms with E-state index in [2.05, 4.69) is 27.8 Å². The number of fused-ring (bicyclic) bond motifs is 3. The van der Waals surface area contributed by atoms with Crippen molar-refractivity contribution in [1.29, 1.82) is 0 Å². The molecule has 1 aromatic heterocycles. The van der Waals surface area contributed by atoms with Crippen molar-refractivity contribution in [3.8, 4) is 11.1 Å². The summed E-state index contributed by atoms with van der Waals surface area (Å²) in [6, 6.07) is 14.3. The molecule has 0 radical (unpaired) electrons. The van der Waals surface area contributed by atoms with E-state index in [0.29, 0.717) is 5.13 Å². The molecule has 25 heavy (non-hydrogen) atoms. The molecular formula is C19H15N3O2S. The van der Waals surface area contributed by atoms with Crippen LogP contribution in [-0.4, -0.2) is 16.8 Å². The Morgan fingerprint density at radius 1 is 1.04 bits per heavy atom. The van der Waals surface area contributed by atoms with Crippen LogP contribution in [0.1, 0.15) is 28.5 Å². The van der Waals surface area contributed by atoms with E-state index in [4.69, 9.17) is 0 Å². The number of anilines is 2. The summed E-state index contributed by atoms with van der Waals surface area (Å²) in [6.45, 7) is 1.41. The van der Waals surface area contributed by atoms with Crippen LogP contribution in [0.4, 0.5) is 10.8 Å². The number of aromatic nitrogens is 1. The Hall–Kier alpha value is -2.99. The van der Waals surface area contributed by atoms with Crippen molar-refractivity contribution in [1.82, 2.24) is 4.98 Å². The Kier molecular flexibility index (Phi) is 3.82. The number of carbonyl (C=O) groups excluding carboxylic acids is 2. The summed E-state index contributed by atoms with van der Waals surface area (Å²) in [6.07, 6.45) is 0.874. The van der Waals surface area contributed by atoms with Gasteiger partial charge in [-0.05, 0) is 40.8 Å². The molecule has 0 unspecified atom stereocenters. The van der Waals surface area contributed by atoms with Crippen LogP contribution >= 0.6 is 11.3 Å². The first-order valence-electron chi connectivity index (χ1n) is 7.86. The molecule has 1 aliphatic carbocycles. The molecule has 3 aromatic rings. The minimum atomic E-state index is -0.289. The third-order valence-corrected chi connectivity index (χ3v) is 4.83. The molecule has 0 fully saturated rings. The highest BCUT2D eigenvalue weighted by atomic mass is 32.1. The van der Waals surface area contributed by atoms with Gasteiger partial charge in [-0.15, -0.1) is 11.3 Å². The minimum Gasteiger partial charge on any atom is -0.321 e. The zero-order valence-corrected chi connectivity index (χ0v) is 14.3. The molecule has 0 atom stereocenters.